The van der Waals surface area contributed by atoms with Crippen molar-refractivity contribution in [2.24, 2.45) is 4.99 Å². The summed E-state index contributed by atoms with van der Waals surface area (Å²) in [6.45, 7) is 5.12. The highest BCUT2D eigenvalue weighted by Gasteiger charge is 2.26. The van der Waals surface area contributed by atoms with Gasteiger partial charge in [0.25, 0.3) is 0 Å². The summed E-state index contributed by atoms with van der Waals surface area (Å²) in [6, 6.07) is 18.2. The normalized spacial score (nSPS) is 18.4. The Morgan fingerprint density at radius 3 is 2.81 bits per heavy atom. The number of aliphatic hydroxyl groups excluding tert-OH is 1. The molecule has 3 rings (SSSR count). The van der Waals surface area contributed by atoms with Crippen molar-refractivity contribution in [3.05, 3.63) is 65.7 Å². The Labute approximate surface area is 161 Å². The van der Waals surface area contributed by atoms with Gasteiger partial charge in [-0.3, -0.25) is 4.99 Å². The Morgan fingerprint density at radius 1 is 1.26 bits per heavy atom. The fourth-order valence-corrected chi connectivity index (χ4v) is 3.50. The average molecular weight is 367 g/mol. The lowest BCUT2D eigenvalue weighted by atomic mass is 9.99. The number of hydrogen-bond acceptors (Lipinski definition) is 3. The molecule has 0 aliphatic carbocycles. The van der Waals surface area contributed by atoms with Gasteiger partial charge in [0.05, 0.1) is 19.8 Å². The molecule has 1 fully saturated rings. The van der Waals surface area contributed by atoms with E-state index in [0.29, 0.717) is 12.5 Å². The summed E-state index contributed by atoms with van der Waals surface area (Å²) in [4.78, 5) is 6.99. The van der Waals surface area contributed by atoms with E-state index in [2.05, 4.69) is 47.5 Å². The highest BCUT2D eigenvalue weighted by Crippen LogP contribution is 2.27. The Bertz CT molecular complexity index is 748. The Hall–Kier alpha value is -2.53. The number of guanidine groups is 1. The summed E-state index contributed by atoms with van der Waals surface area (Å²) in [5.74, 6) is 2.14. The van der Waals surface area contributed by atoms with Gasteiger partial charge in [-0.15, -0.1) is 0 Å². The molecule has 1 saturated heterocycles. The predicted molar refractivity (Wildman–Crippen MR) is 109 cm³/mol. The van der Waals surface area contributed by atoms with Gasteiger partial charge < -0.3 is 20.1 Å². The van der Waals surface area contributed by atoms with E-state index >= 15 is 0 Å². The Kier molecular flexibility index (Phi) is 6.71. The predicted octanol–water partition coefficient (Wildman–Crippen LogP) is 3.18. The van der Waals surface area contributed by atoms with Crippen LogP contribution in [0, 0.1) is 0 Å². The fourth-order valence-electron chi connectivity index (χ4n) is 3.50. The SMILES string of the molecule is CCNC(=NCC(O)c1cccc(OC)c1)N1CCC(c2ccccc2)C1. The zero-order chi connectivity index (χ0) is 19.1. The van der Waals surface area contributed by atoms with Gasteiger partial charge in [0, 0.05) is 25.6 Å². The lowest BCUT2D eigenvalue weighted by molar-refractivity contribution is 0.186. The van der Waals surface area contributed by atoms with E-state index in [1.165, 1.54) is 5.56 Å². The lowest BCUT2D eigenvalue weighted by Gasteiger charge is -2.22. The average Bonchev–Trinajstić information content (AvgIpc) is 3.21. The highest BCUT2D eigenvalue weighted by molar-refractivity contribution is 5.80. The first-order chi connectivity index (χ1) is 13.2. The van der Waals surface area contributed by atoms with Crippen LogP contribution in [0.1, 0.15) is 36.5 Å². The number of likely N-dealkylation sites (tertiary alicyclic amines) is 1. The molecule has 0 spiro atoms. The Balaban J connectivity index is 1.66. The number of ether oxygens (including phenoxy) is 1. The highest BCUT2D eigenvalue weighted by atomic mass is 16.5. The molecular weight excluding hydrogens is 338 g/mol. The van der Waals surface area contributed by atoms with Crippen molar-refractivity contribution in [3.8, 4) is 5.75 Å². The second-order valence-electron chi connectivity index (χ2n) is 6.83. The summed E-state index contributed by atoms with van der Waals surface area (Å²) in [5.41, 5.74) is 2.20. The molecule has 0 bridgehead atoms. The van der Waals surface area contributed by atoms with E-state index in [0.717, 1.165) is 43.3 Å². The van der Waals surface area contributed by atoms with Gasteiger partial charge in [-0.25, -0.2) is 0 Å². The minimum atomic E-state index is -0.652. The van der Waals surface area contributed by atoms with E-state index in [-0.39, 0.29) is 0 Å². The second-order valence-corrected chi connectivity index (χ2v) is 6.83. The smallest absolute Gasteiger partial charge is 0.194 e. The molecule has 1 aliphatic heterocycles. The van der Waals surface area contributed by atoms with Gasteiger partial charge in [0.1, 0.15) is 5.75 Å². The maximum atomic E-state index is 10.5. The summed E-state index contributed by atoms with van der Waals surface area (Å²) in [5, 5.41) is 13.9. The number of benzene rings is 2. The van der Waals surface area contributed by atoms with Crippen molar-refractivity contribution in [1.82, 2.24) is 10.2 Å². The molecule has 27 heavy (non-hydrogen) atoms. The molecule has 2 unspecified atom stereocenters. The van der Waals surface area contributed by atoms with Crippen molar-refractivity contribution >= 4 is 5.96 Å². The van der Waals surface area contributed by atoms with E-state index < -0.39 is 6.10 Å². The molecule has 0 aromatic heterocycles. The first-order valence-electron chi connectivity index (χ1n) is 9.61. The first-order valence-corrected chi connectivity index (χ1v) is 9.61. The third-order valence-electron chi connectivity index (χ3n) is 4.99. The third kappa shape index (κ3) is 5.01. The maximum absolute atomic E-state index is 10.5. The molecule has 2 atom stereocenters. The Morgan fingerprint density at radius 2 is 2.07 bits per heavy atom. The third-order valence-corrected chi connectivity index (χ3v) is 4.99. The molecule has 144 valence electrons. The van der Waals surface area contributed by atoms with Gasteiger partial charge in [0.2, 0.25) is 0 Å². The van der Waals surface area contributed by atoms with Crippen LogP contribution in [0.3, 0.4) is 0 Å². The summed E-state index contributed by atoms with van der Waals surface area (Å²) >= 11 is 0. The number of nitrogens with one attached hydrogen (secondary N) is 1. The fraction of sp³-hybridized carbons (Fsp3) is 0.409. The summed E-state index contributed by atoms with van der Waals surface area (Å²) < 4.78 is 5.24. The quantitative estimate of drug-likeness (QED) is 0.608. The molecule has 5 nitrogen and oxygen atoms in total. The first kappa shape index (κ1) is 19.2. The van der Waals surface area contributed by atoms with Crippen LogP contribution in [0.5, 0.6) is 5.75 Å². The zero-order valence-electron chi connectivity index (χ0n) is 16.1. The molecule has 0 amide bonds. The van der Waals surface area contributed by atoms with Crippen LogP contribution in [0.25, 0.3) is 0 Å². The molecule has 1 aliphatic rings. The van der Waals surface area contributed by atoms with E-state index in [4.69, 9.17) is 9.73 Å². The molecule has 0 saturated carbocycles. The van der Waals surface area contributed by atoms with Crippen LogP contribution in [-0.4, -0.2) is 49.3 Å². The van der Waals surface area contributed by atoms with E-state index in [1.807, 2.05) is 24.3 Å². The monoisotopic (exact) mass is 367 g/mol. The van der Waals surface area contributed by atoms with Gasteiger partial charge in [0.15, 0.2) is 5.96 Å². The second kappa shape index (κ2) is 9.42. The molecule has 2 N–H and O–H groups in total. The van der Waals surface area contributed by atoms with Crippen LogP contribution in [0.4, 0.5) is 0 Å². The largest absolute Gasteiger partial charge is 0.497 e. The van der Waals surface area contributed by atoms with Crippen LogP contribution in [0.15, 0.2) is 59.6 Å². The summed E-state index contributed by atoms with van der Waals surface area (Å²) in [6.07, 6.45) is 0.466. The standard InChI is InChI=1S/C22H29N3O2/c1-3-23-22(24-15-21(26)18-10-7-11-20(14-18)27-2)25-13-12-19(16-25)17-8-5-4-6-9-17/h4-11,14,19,21,26H,3,12-13,15-16H2,1-2H3,(H,23,24). The minimum Gasteiger partial charge on any atom is -0.497 e. The molecular formula is C22H29N3O2. The summed E-state index contributed by atoms with van der Waals surface area (Å²) in [7, 11) is 1.63. The van der Waals surface area contributed by atoms with Crippen LogP contribution >= 0.6 is 0 Å². The molecule has 2 aromatic carbocycles. The number of rotatable bonds is 6. The van der Waals surface area contributed by atoms with E-state index in [1.54, 1.807) is 7.11 Å². The number of nitrogens with zero attached hydrogens (tertiary/aromatic N) is 2. The van der Waals surface area contributed by atoms with Crippen molar-refractivity contribution < 1.29 is 9.84 Å². The van der Waals surface area contributed by atoms with Gasteiger partial charge >= 0.3 is 0 Å². The number of methoxy groups -OCH3 is 1. The van der Waals surface area contributed by atoms with Crippen LogP contribution < -0.4 is 10.1 Å². The van der Waals surface area contributed by atoms with Gasteiger partial charge in [-0.05, 0) is 36.6 Å². The minimum absolute atomic E-state index is 0.321. The molecule has 2 aromatic rings. The van der Waals surface area contributed by atoms with Crippen LogP contribution in [0.2, 0.25) is 0 Å². The zero-order valence-corrected chi connectivity index (χ0v) is 16.1. The number of aliphatic imine (C=N–C) groups is 1. The molecule has 5 heteroatoms. The van der Waals surface area contributed by atoms with Crippen molar-refractivity contribution in [1.29, 1.82) is 0 Å². The van der Waals surface area contributed by atoms with Gasteiger partial charge in [-0.1, -0.05) is 42.5 Å². The van der Waals surface area contributed by atoms with Crippen molar-refractivity contribution in [2.75, 3.05) is 33.3 Å². The van der Waals surface area contributed by atoms with Crippen molar-refractivity contribution in [3.63, 3.8) is 0 Å². The van der Waals surface area contributed by atoms with Crippen LogP contribution in [-0.2, 0) is 0 Å². The maximum Gasteiger partial charge on any atom is 0.194 e. The number of hydrogen-bond donors (Lipinski definition) is 2. The topological polar surface area (TPSA) is 57.1 Å². The molecule has 1 heterocycles. The lowest BCUT2D eigenvalue weighted by Crippen LogP contribution is -2.40. The van der Waals surface area contributed by atoms with Gasteiger partial charge in [-0.2, -0.15) is 0 Å². The number of aliphatic hydroxyl groups is 1. The van der Waals surface area contributed by atoms with Crippen molar-refractivity contribution in [2.45, 2.75) is 25.4 Å². The van der Waals surface area contributed by atoms with E-state index in [9.17, 15) is 5.11 Å². The molecule has 0 radical (unpaired) electrons.